The molecular weight excluding hydrogens is 629 g/mol. The molecule has 0 bridgehead atoms. The van der Waals surface area contributed by atoms with E-state index in [9.17, 15) is 21.6 Å². The lowest BCUT2D eigenvalue weighted by atomic mass is 9.77. The van der Waals surface area contributed by atoms with Gasteiger partial charge in [0, 0.05) is 24.9 Å². The van der Waals surface area contributed by atoms with Crippen LogP contribution in [0, 0.1) is 19.8 Å². The highest BCUT2D eigenvalue weighted by molar-refractivity contribution is 7.89. The van der Waals surface area contributed by atoms with Crippen LogP contribution >= 0.6 is 0 Å². The van der Waals surface area contributed by atoms with Gasteiger partial charge in [0.15, 0.2) is 0 Å². The monoisotopic (exact) mass is 670 g/mol. The van der Waals surface area contributed by atoms with Crippen molar-refractivity contribution in [1.82, 2.24) is 8.61 Å². The van der Waals surface area contributed by atoms with E-state index in [1.165, 1.54) is 8.61 Å². The zero-order chi connectivity index (χ0) is 33.5. The Morgan fingerprint density at radius 3 is 1.53 bits per heavy atom. The van der Waals surface area contributed by atoms with Gasteiger partial charge in [-0.15, -0.1) is 0 Å². The lowest BCUT2D eigenvalue weighted by Crippen LogP contribution is -2.60. The van der Waals surface area contributed by atoms with Gasteiger partial charge in [0.1, 0.15) is 5.78 Å². The van der Waals surface area contributed by atoms with Crippen molar-refractivity contribution >= 4 is 25.8 Å². The van der Waals surface area contributed by atoms with Gasteiger partial charge in [-0.05, 0) is 79.6 Å². The normalized spacial score (nSPS) is 22.6. The summed E-state index contributed by atoms with van der Waals surface area (Å²) in [5.74, 6) is -0.952. The number of rotatable bonds is 8. The van der Waals surface area contributed by atoms with Crippen LogP contribution in [0.25, 0.3) is 0 Å². The Labute approximate surface area is 279 Å². The molecule has 47 heavy (non-hydrogen) atoms. The molecule has 4 aromatic carbocycles. The highest BCUT2D eigenvalue weighted by Crippen LogP contribution is 2.48. The van der Waals surface area contributed by atoms with Crippen LogP contribution < -0.4 is 0 Å². The maximum Gasteiger partial charge on any atom is 0.243 e. The number of fused-ring (bicyclic) bond motifs is 1. The highest BCUT2D eigenvalue weighted by Gasteiger charge is 2.54. The summed E-state index contributed by atoms with van der Waals surface area (Å²) in [4.78, 5) is 14.4. The van der Waals surface area contributed by atoms with Gasteiger partial charge in [0.2, 0.25) is 20.0 Å². The number of Topliss-reactive ketones (excluding diaryl/α,β-unsaturated/α-hetero) is 1. The smallest absolute Gasteiger partial charge is 0.243 e. The molecular formula is C38H42N2O5S2. The molecule has 2 saturated heterocycles. The Morgan fingerprint density at radius 2 is 1.06 bits per heavy atom. The molecule has 4 atom stereocenters. The molecule has 2 heterocycles. The van der Waals surface area contributed by atoms with Crippen molar-refractivity contribution in [1.29, 1.82) is 0 Å². The fourth-order valence-electron chi connectivity index (χ4n) is 7.02. The first-order valence-electron chi connectivity index (χ1n) is 16.3. The number of piperidine rings is 2. The zero-order valence-electron chi connectivity index (χ0n) is 27.3. The van der Waals surface area contributed by atoms with Crippen LogP contribution in [0.1, 0.15) is 72.2 Å². The van der Waals surface area contributed by atoms with Gasteiger partial charge in [0.25, 0.3) is 0 Å². The van der Waals surface area contributed by atoms with E-state index in [1.54, 1.807) is 48.5 Å². The Bertz CT molecular complexity index is 1960. The van der Waals surface area contributed by atoms with E-state index in [2.05, 4.69) is 13.8 Å². The van der Waals surface area contributed by atoms with Gasteiger partial charge in [0.05, 0.1) is 21.9 Å². The van der Waals surface area contributed by atoms with Gasteiger partial charge in [-0.1, -0.05) is 97.8 Å². The summed E-state index contributed by atoms with van der Waals surface area (Å²) in [5, 5.41) is 0. The summed E-state index contributed by atoms with van der Waals surface area (Å²) < 4.78 is 61.1. The molecule has 7 nitrogen and oxygen atoms in total. The van der Waals surface area contributed by atoms with Gasteiger partial charge >= 0.3 is 0 Å². The van der Waals surface area contributed by atoms with Gasteiger partial charge in [-0.3, -0.25) is 4.79 Å². The van der Waals surface area contributed by atoms with E-state index in [0.717, 1.165) is 46.2 Å². The topological polar surface area (TPSA) is 91.8 Å². The fraction of sp³-hybridized carbons (Fsp3) is 0.342. The first-order chi connectivity index (χ1) is 22.4. The predicted octanol–water partition coefficient (Wildman–Crippen LogP) is 6.95. The summed E-state index contributed by atoms with van der Waals surface area (Å²) in [6.07, 6.45) is 1.77. The largest absolute Gasteiger partial charge is 0.299 e. The van der Waals surface area contributed by atoms with Gasteiger partial charge in [-0.25, -0.2) is 16.8 Å². The van der Waals surface area contributed by atoms with Crippen molar-refractivity contribution in [2.75, 3.05) is 6.54 Å². The molecule has 0 spiro atoms. The minimum Gasteiger partial charge on any atom is -0.299 e. The third-order valence-electron chi connectivity index (χ3n) is 9.87. The number of carbonyl (C=O) groups excluding carboxylic acids is 1. The molecule has 9 heteroatoms. The standard InChI is InChI=1S/C38H42N2O5S2/c1-5-28-11-15-30(16-12-28)35-23-37-34(25-39(35)46(42,43)32-19-7-26(3)8-20-32)38(41)24-36(31-17-13-29(6-2)14-18-31)40(37)47(44,45)33-21-9-27(4)10-22-33/h7-22,34-37H,5-6,23-25H2,1-4H3/t34-,35+,36+,37+/m1/s1. The molecule has 0 aromatic heterocycles. The SMILES string of the molecule is CCc1ccc([C@@H]2C[C@H]3[C@@H](CN2S(=O)(=O)c2ccc(C)cc2)C(=O)C[C@@H](c2ccc(CC)cc2)N3S(=O)(=O)c2ccc(C)cc2)cc1. The second-order valence-corrected chi connectivity index (χ2v) is 16.6. The van der Waals surface area contributed by atoms with Crippen LogP contribution in [-0.2, 0) is 37.7 Å². The van der Waals surface area contributed by atoms with E-state index in [1.807, 2.05) is 62.4 Å². The molecule has 0 saturated carbocycles. The Balaban J connectivity index is 1.50. The summed E-state index contributed by atoms with van der Waals surface area (Å²) in [6, 6.07) is 27.0. The summed E-state index contributed by atoms with van der Waals surface area (Å²) >= 11 is 0. The number of hydrogen-bond acceptors (Lipinski definition) is 5. The Hall–Kier alpha value is -3.63. The lowest BCUT2D eigenvalue weighted by Gasteiger charge is -2.51. The molecule has 0 radical (unpaired) electrons. The first kappa shape index (κ1) is 33.3. The first-order valence-corrected chi connectivity index (χ1v) is 19.2. The van der Waals surface area contributed by atoms with Crippen LogP contribution in [0.2, 0.25) is 0 Å². The van der Waals surface area contributed by atoms with Crippen molar-refractivity contribution in [2.45, 2.75) is 81.3 Å². The molecule has 0 amide bonds. The van der Waals surface area contributed by atoms with Crippen LogP contribution in [0.4, 0.5) is 0 Å². The molecule has 246 valence electrons. The minimum absolute atomic E-state index is 0.0357. The third-order valence-corrected chi connectivity index (χ3v) is 13.7. The van der Waals surface area contributed by atoms with E-state index >= 15 is 0 Å². The second kappa shape index (κ2) is 13.1. The molecule has 0 N–H and O–H groups in total. The summed E-state index contributed by atoms with van der Waals surface area (Å²) in [7, 11) is -8.13. The number of hydrogen-bond donors (Lipinski definition) is 0. The highest BCUT2D eigenvalue weighted by atomic mass is 32.2. The van der Waals surface area contributed by atoms with Crippen molar-refractivity contribution in [3.05, 3.63) is 130 Å². The second-order valence-electron chi connectivity index (χ2n) is 12.8. The van der Waals surface area contributed by atoms with E-state index in [-0.39, 0.29) is 35.0 Å². The van der Waals surface area contributed by atoms with Crippen molar-refractivity contribution < 1.29 is 21.6 Å². The Kier molecular flexibility index (Phi) is 9.28. The average Bonchev–Trinajstić information content (AvgIpc) is 3.08. The summed E-state index contributed by atoms with van der Waals surface area (Å²) in [5.41, 5.74) is 5.63. The maximum absolute atomic E-state index is 14.7. The predicted molar refractivity (Wildman–Crippen MR) is 184 cm³/mol. The van der Waals surface area contributed by atoms with Crippen molar-refractivity contribution in [3.8, 4) is 0 Å². The van der Waals surface area contributed by atoms with Crippen LogP contribution in [0.15, 0.2) is 107 Å². The fourth-order valence-corrected chi connectivity index (χ4v) is 10.5. The van der Waals surface area contributed by atoms with Crippen LogP contribution in [-0.4, -0.2) is 43.8 Å². The van der Waals surface area contributed by atoms with Gasteiger partial charge in [-0.2, -0.15) is 8.61 Å². The lowest BCUT2D eigenvalue weighted by molar-refractivity contribution is -0.132. The van der Waals surface area contributed by atoms with E-state index < -0.39 is 44.1 Å². The number of carbonyl (C=O) groups is 1. The van der Waals surface area contributed by atoms with Crippen LogP contribution in [0.3, 0.4) is 0 Å². The number of benzene rings is 4. The molecule has 0 aliphatic carbocycles. The summed E-state index contributed by atoms with van der Waals surface area (Å²) in [6.45, 7) is 7.81. The number of ketones is 1. The zero-order valence-corrected chi connectivity index (χ0v) is 29.0. The number of sulfonamides is 2. The third kappa shape index (κ3) is 6.34. The Morgan fingerprint density at radius 1 is 0.617 bits per heavy atom. The quantitative estimate of drug-likeness (QED) is 0.202. The van der Waals surface area contributed by atoms with E-state index in [0.29, 0.717) is 0 Å². The number of aryl methyl sites for hydroxylation is 4. The molecule has 4 aromatic rings. The molecule has 2 aliphatic rings. The minimum atomic E-state index is -4.10. The average molecular weight is 671 g/mol. The molecule has 0 unspecified atom stereocenters. The van der Waals surface area contributed by atoms with Gasteiger partial charge < -0.3 is 0 Å². The molecule has 6 rings (SSSR count). The van der Waals surface area contributed by atoms with E-state index in [4.69, 9.17) is 0 Å². The van der Waals surface area contributed by atoms with Crippen LogP contribution in [0.5, 0.6) is 0 Å². The maximum atomic E-state index is 14.7. The molecule has 2 aliphatic heterocycles. The number of nitrogens with zero attached hydrogens (tertiary/aromatic N) is 2. The van der Waals surface area contributed by atoms with Crippen molar-refractivity contribution in [2.24, 2.45) is 5.92 Å². The molecule has 2 fully saturated rings. The van der Waals surface area contributed by atoms with Crippen molar-refractivity contribution in [3.63, 3.8) is 0 Å².